The molecular formula is C19H22N6OS. The maximum Gasteiger partial charge on any atom is 0.273 e. The fourth-order valence-electron chi connectivity index (χ4n) is 3.46. The number of hydrogen-bond acceptors (Lipinski definition) is 6. The molecule has 1 N–H and O–H groups in total. The van der Waals surface area contributed by atoms with Crippen LogP contribution in [0.4, 0.5) is 0 Å². The van der Waals surface area contributed by atoms with Gasteiger partial charge in [-0.15, -0.1) is 11.3 Å². The smallest absolute Gasteiger partial charge is 0.273 e. The standard InChI is InChI=1S/C19H22N6OS/c1-14-21-18(23-22-14)17-11-25(19(26)16-12-27-13-20-16)9-5-8-24(17)10-15-6-3-2-4-7-15/h2-4,6-7,12-13,17H,5,8-11H2,1H3,(H,21,22,23)/t17-/m0/s1. The second kappa shape index (κ2) is 7.98. The van der Waals surface area contributed by atoms with Crippen LogP contribution in [0.2, 0.25) is 0 Å². The van der Waals surface area contributed by atoms with Crippen molar-refractivity contribution in [3.8, 4) is 0 Å². The molecule has 1 aliphatic heterocycles. The van der Waals surface area contributed by atoms with E-state index in [9.17, 15) is 4.79 Å². The summed E-state index contributed by atoms with van der Waals surface area (Å²) in [6, 6.07) is 10.3. The van der Waals surface area contributed by atoms with E-state index in [4.69, 9.17) is 0 Å². The number of nitrogens with one attached hydrogen (secondary N) is 1. The van der Waals surface area contributed by atoms with E-state index in [2.05, 4.69) is 49.3 Å². The molecule has 4 rings (SSSR count). The highest BCUT2D eigenvalue weighted by Crippen LogP contribution is 2.25. The first-order valence-electron chi connectivity index (χ1n) is 9.05. The number of aryl methyl sites for hydroxylation is 1. The van der Waals surface area contributed by atoms with Crippen LogP contribution in [0, 0.1) is 6.92 Å². The largest absolute Gasteiger partial charge is 0.335 e. The lowest BCUT2D eigenvalue weighted by Crippen LogP contribution is -2.38. The highest BCUT2D eigenvalue weighted by molar-refractivity contribution is 7.07. The van der Waals surface area contributed by atoms with Gasteiger partial charge in [-0.1, -0.05) is 30.3 Å². The predicted octanol–water partition coefficient (Wildman–Crippen LogP) is 2.66. The number of hydrogen-bond donors (Lipinski definition) is 1. The number of carbonyl (C=O) groups excluding carboxylic acids is 1. The van der Waals surface area contributed by atoms with Gasteiger partial charge in [-0.3, -0.25) is 14.8 Å². The minimum Gasteiger partial charge on any atom is -0.335 e. The molecule has 8 heteroatoms. The number of rotatable bonds is 4. The van der Waals surface area contributed by atoms with E-state index in [0.29, 0.717) is 18.8 Å². The number of benzene rings is 1. The molecule has 1 aliphatic rings. The van der Waals surface area contributed by atoms with E-state index >= 15 is 0 Å². The molecule has 0 unspecified atom stereocenters. The summed E-state index contributed by atoms with van der Waals surface area (Å²) in [5, 5.41) is 9.15. The first-order chi connectivity index (χ1) is 13.2. The van der Waals surface area contributed by atoms with Crippen LogP contribution in [0.5, 0.6) is 0 Å². The normalized spacial score (nSPS) is 18.4. The topological polar surface area (TPSA) is 78.0 Å². The summed E-state index contributed by atoms with van der Waals surface area (Å²) in [5.41, 5.74) is 3.46. The van der Waals surface area contributed by atoms with Crippen molar-refractivity contribution in [2.24, 2.45) is 0 Å². The molecule has 3 aromatic rings. The molecule has 1 aromatic carbocycles. The fourth-order valence-corrected chi connectivity index (χ4v) is 3.99. The first-order valence-corrected chi connectivity index (χ1v) is 9.99. The molecule has 27 heavy (non-hydrogen) atoms. The minimum atomic E-state index is -0.0553. The van der Waals surface area contributed by atoms with Gasteiger partial charge >= 0.3 is 0 Å². The summed E-state index contributed by atoms with van der Waals surface area (Å²) in [5.74, 6) is 1.50. The fraction of sp³-hybridized carbons (Fsp3) is 0.368. The van der Waals surface area contributed by atoms with Crippen LogP contribution in [0.25, 0.3) is 0 Å². The van der Waals surface area contributed by atoms with Gasteiger partial charge in [0.1, 0.15) is 11.5 Å². The van der Waals surface area contributed by atoms with Gasteiger partial charge in [0.25, 0.3) is 5.91 Å². The summed E-state index contributed by atoms with van der Waals surface area (Å²) < 4.78 is 0. The van der Waals surface area contributed by atoms with Crippen LogP contribution in [0.1, 0.15) is 40.2 Å². The van der Waals surface area contributed by atoms with Crippen LogP contribution in [0.3, 0.4) is 0 Å². The molecule has 2 aromatic heterocycles. The van der Waals surface area contributed by atoms with Crippen LogP contribution < -0.4 is 0 Å². The maximum absolute atomic E-state index is 12.9. The molecule has 1 fully saturated rings. The molecule has 0 bridgehead atoms. The lowest BCUT2D eigenvalue weighted by atomic mass is 10.1. The van der Waals surface area contributed by atoms with E-state index in [0.717, 1.165) is 31.2 Å². The minimum absolute atomic E-state index is 0.0185. The van der Waals surface area contributed by atoms with Crippen LogP contribution in [-0.4, -0.2) is 55.5 Å². The van der Waals surface area contributed by atoms with Crippen LogP contribution in [0.15, 0.2) is 41.2 Å². The Labute approximate surface area is 162 Å². The number of nitrogens with zero attached hydrogens (tertiary/aromatic N) is 5. The van der Waals surface area contributed by atoms with Crippen molar-refractivity contribution < 1.29 is 4.79 Å². The van der Waals surface area contributed by atoms with Crippen molar-refractivity contribution in [3.05, 3.63) is 64.1 Å². The van der Waals surface area contributed by atoms with Crippen LogP contribution in [-0.2, 0) is 6.54 Å². The molecule has 0 radical (unpaired) electrons. The molecule has 1 atom stereocenters. The van der Waals surface area contributed by atoms with Crippen molar-refractivity contribution in [1.29, 1.82) is 0 Å². The molecule has 140 valence electrons. The number of carbonyl (C=O) groups is 1. The summed E-state index contributed by atoms with van der Waals surface area (Å²) in [6.07, 6.45) is 0.905. The van der Waals surface area contributed by atoms with Gasteiger partial charge in [0, 0.05) is 31.6 Å². The Kier molecular flexibility index (Phi) is 5.26. The highest BCUT2D eigenvalue weighted by Gasteiger charge is 2.32. The van der Waals surface area contributed by atoms with Crippen molar-refractivity contribution in [2.75, 3.05) is 19.6 Å². The first kappa shape index (κ1) is 17.8. The van der Waals surface area contributed by atoms with E-state index in [1.54, 1.807) is 10.9 Å². The zero-order valence-electron chi connectivity index (χ0n) is 15.2. The van der Waals surface area contributed by atoms with Gasteiger partial charge in [0.15, 0.2) is 5.82 Å². The quantitative estimate of drug-likeness (QED) is 0.751. The monoisotopic (exact) mass is 382 g/mol. The zero-order chi connectivity index (χ0) is 18.6. The maximum atomic E-state index is 12.9. The Morgan fingerprint density at radius 3 is 2.85 bits per heavy atom. The van der Waals surface area contributed by atoms with Crippen molar-refractivity contribution >= 4 is 17.2 Å². The van der Waals surface area contributed by atoms with Crippen molar-refractivity contribution in [3.63, 3.8) is 0 Å². The Morgan fingerprint density at radius 2 is 2.15 bits per heavy atom. The highest BCUT2D eigenvalue weighted by atomic mass is 32.1. The Hall–Kier alpha value is -2.58. The number of H-pyrrole nitrogens is 1. The number of thiazole rings is 1. The third-order valence-electron chi connectivity index (χ3n) is 4.79. The molecule has 0 aliphatic carbocycles. The zero-order valence-corrected chi connectivity index (χ0v) is 16.0. The lowest BCUT2D eigenvalue weighted by molar-refractivity contribution is 0.0721. The molecule has 1 amide bonds. The molecular weight excluding hydrogens is 360 g/mol. The molecule has 3 heterocycles. The predicted molar refractivity (Wildman–Crippen MR) is 103 cm³/mol. The third-order valence-corrected chi connectivity index (χ3v) is 5.37. The van der Waals surface area contributed by atoms with Gasteiger partial charge in [-0.25, -0.2) is 9.97 Å². The number of aromatic amines is 1. The Balaban J connectivity index is 1.60. The van der Waals surface area contributed by atoms with E-state index in [-0.39, 0.29) is 11.9 Å². The summed E-state index contributed by atoms with van der Waals surface area (Å²) in [6.45, 7) is 4.85. The van der Waals surface area contributed by atoms with E-state index in [1.807, 2.05) is 17.9 Å². The summed E-state index contributed by atoms with van der Waals surface area (Å²) in [7, 11) is 0. The van der Waals surface area contributed by atoms with E-state index in [1.165, 1.54) is 16.9 Å². The van der Waals surface area contributed by atoms with Gasteiger partial charge in [0.2, 0.25) is 0 Å². The van der Waals surface area contributed by atoms with Gasteiger partial charge < -0.3 is 4.90 Å². The average Bonchev–Trinajstić information content (AvgIpc) is 3.32. The molecule has 0 saturated carbocycles. The molecule has 1 saturated heterocycles. The second-order valence-corrected chi connectivity index (χ2v) is 7.45. The molecule has 7 nitrogen and oxygen atoms in total. The number of amides is 1. The van der Waals surface area contributed by atoms with Gasteiger partial charge in [-0.05, 0) is 18.9 Å². The van der Waals surface area contributed by atoms with Crippen LogP contribution >= 0.6 is 11.3 Å². The van der Waals surface area contributed by atoms with Crippen molar-refractivity contribution in [2.45, 2.75) is 25.9 Å². The Morgan fingerprint density at radius 1 is 1.30 bits per heavy atom. The molecule has 0 spiro atoms. The van der Waals surface area contributed by atoms with Gasteiger partial charge in [-0.2, -0.15) is 5.10 Å². The second-order valence-electron chi connectivity index (χ2n) is 6.73. The Bertz CT molecular complexity index is 879. The van der Waals surface area contributed by atoms with Crippen molar-refractivity contribution in [1.82, 2.24) is 30.0 Å². The van der Waals surface area contributed by atoms with Gasteiger partial charge in [0.05, 0.1) is 11.6 Å². The third kappa shape index (κ3) is 4.06. The SMILES string of the molecule is Cc1nc([C@@H]2CN(C(=O)c3cscn3)CCCN2Cc2ccccc2)n[nH]1. The summed E-state index contributed by atoms with van der Waals surface area (Å²) in [4.78, 5) is 25.9. The average molecular weight is 382 g/mol. The lowest BCUT2D eigenvalue weighted by Gasteiger charge is -2.29. The van der Waals surface area contributed by atoms with E-state index < -0.39 is 0 Å². The summed E-state index contributed by atoms with van der Waals surface area (Å²) >= 11 is 1.44. The number of aromatic nitrogens is 4.